The largest absolute Gasteiger partial charge is 0.374 e. The third-order valence-electron chi connectivity index (χ3n) is 4.38. The van der Waals surface area contributed by atoms with Crippen molar-refractivity contribution in [1.29, 1.82) is 0 Å². The molecule has 0 spiro atoms. The van der Waals surface area contributed by atoms with Crippen molar-refractivity contribution in [3.05, 3.63) is 68.7 Å². The molecule has 2 aromatic rings. The zero-order valence-electron chi connectivity index (χ0n) is 16.0. The summed E-state index contributed by atoms with van der Waals surface area (Å²) in [4.78, 5) is 38.1. The van der Waals surface area contributed by atoms with Crippen molar-refractivity contribution < 1.29 is 19.1 Å². The number of nitrogens with one attached hydrogen (secondary N) is 1. The molecule has 29 heavy (non-hydrogen) atoms. The molecule has 0 aliphatic carbocycles. The second kappa shape index (κ2) is 8.95. The number of halogens is 2. The predicted molar refractivity (Wildman–Crippen MR) is 110 cm³/mol. The molecular formula is C21H20Cl2N2O4. The molecule has 0 saturated carbocycles. The van der Waals surface area contributed by atoms with Gasteiger partial charge in [-0.15, -0.1) is 0 Å². The van der Waals surface area contributed by atoms with Crippen LogP contribution in [-0.4, -0.2) is 35.3 Å². The Morgan fingerprint density at radius 3 is 2.21 bits per heavy atom. The molecule has 0 radical (unpaired) electrons. The van der Waals surface area contributed by atoms with Crippen LogP contribution in [0.5, 0.6) is 0 Å². The molecule has 0 bridgehead atoms. The smallest absolute Gasteiger partial charge is 0.262 e. The Hall–Kier alpha value is -2.41. The molecule has 0 fully saturated rings. The average molecular weight is 435 g/mol. The molecular weight excluding hydrogens is 415 g/mol. The van der Waals surface area contributed by atoms with E-state index in [1.165, 1.54) is 12.1 Å². The summed E-state index contributed by atoms with van der Waals surface area (Å²) in [6.45, 7) is 4.31. The first-order valence-corrected chi connectivity index (χ1v) is 9.83. The fourth-order valence-electron chi connectivity index (χ4n) is 2.92. The number of carbonyl (C=O) groups excluding carboxylic acids is 3. The minimum atomic E-state index is -0.563. The summed E-state index contributed by atoms with van der Waals surface area (Å²) in [6.07, 6.45) is 0.128. The van der Waals surface area contributed by atoms with Gasteiger partial charge in [0.1, 0.15) is 6.54 Å². The van der Waals surface area contributed by atoms with Gasteiger partial charge in [0.2, 0.25) is 5.91 Å². The summed E-state index contributed by atoms with van der Waals surface area (Å²) < 4.78 is 5.58. The number of carbonyl (C=O) groups is 3. The number of rotatable bonds is 7. The van der Waals surface area contributed by atoms with E-state index in [0.29, 0.717) is 6.61 Å². The van der Waals surface area contributed by atoms with Crippen LogP contribution in [0.3, 0.4) is 0 Å². The Morgan fingerprint density at radius 2 is 1.62 bits per heavy atom. The van der Waals surface area contributed by atoms with Crippen LogP contribution in [0.1, 0.15) is 45.7 Å². The van der Waals surface area contributed by atoms with E-state index in [1.807, 2.05) is 38.1 Å². The monoisotopic (exact) mass is 434 g/mol. The summed E-state index contributed by atoms with van der Waals surface area (Å²) in [5.41, 5.74) is 2.19. The average Bonchev–Trinajstić information content (AvgIpc) is 2.90. The highest BCUT2D eigenvalue weighted by molar-refractivity contribution is 6.43. The zero-order chi connectivity index (χ0) is 21.1. The molecule has 8 heteroatoms. The normalized spacial score (nSPS) is 13.2. The van der Waals surface area contributed by atoms with Crippen molar-refractivity contribution in [2.24, 2.45) is 0 Å². The minimum absolute atomic E-state index is 0.128. The van der Waals surface area contributed by atoms with Gasteiger partial charge in [0.25, 0.3) is 11.8 Å². The van der Waals surface area contributed by atoms with E-state index in [4.69, 9.17) is 27.9 Å². The lowest BCUT2D eigenvalue weighted by molar-refractivity contribution is -0.121. The Bertz CT molecular complexity index is 934. The Balaban J connectivity index is 1.60. The van der Waals surface area contributed by atoms with Crippen LogP contribution in [0.25, 0.3) is 0 Å². The summed E-state index contributed by atoms with van der Waals surface area (Å²) >= 11 is 11.9. The lowest BCUT2D eigenvalue weighted by Gasteiger charge is -2.14. The molecule has 152 valence electrons. The van der Waals surface area contributed by atoms with Gasteiger partial charge in [0.05, 0.1) is 33.9 Å². The van der Waals surface area contributed by atoms with Crippen molar-refractivity contribution in [3.8, 4) is 0 Å². The fraction of sp³-hybridized carbons (Fsp3) is 0.286. The van der Waals surface area contributed by atoms with E-state index >= 15 is 0 Å². The fourth-order valence-corrected chi connectivity index (χ4v) is 3.25. The Kier molecular flexibility index (Phi) is 6.57. The number of fused-ring (bicyclic) bond motifs is 1. The third-order valence-corrected chi connectivity index (χ3v) is 5.10. The second-order valence-electron chi connectivity index (χ2n) is 6.96. The quantitative estimate of drug-likeness (QED) is 0.671. The van der Waals surface area contributed by atoms with Gasteiger partial charge < -0.3 is 10.1 Å². The van der Waals surface area contributed by atoms with Crippen molar-refractivity contribution >= 4 is 40.9 Å². The summed E-state index contributed by atoms with van der Waals surface area (Å²) in [5, 5.41) is 3.09. The van der Waals surface area contributed by atoms with Crippen LogP contribution in [0.4, 0.5) is 0 Å². The van der Waals surface area contributed by atoms with Gasteiger partial charge in [-0.3, -0.25) is 19.3 Å². The molecule has 0 atom stereocenters. The van der Waals surface area contributed by atoms with Gasteiger partial charge in [-0.05, 0) is 37.1 Å². The maximum atomic E-state index is 12.5. The first-order chi connectivity index (χ1) is 13.8. The summed E-state index contributed by atoms with van der Waals surface area (Å²) in [5.74, 6) is -1.57. The molecule has 6 nitrogen and oxygen atoms in total. The van der Waals surface area contributed by atoms with Crippen molar-refractivity contribution in [2.75, 3.05) is 6.54 Å². The van der Waals surface area contributed by atoms with Crippen LogP contribution >= 0.6 is 23.2 Å². The van der Waals surface area contributed by atoms with Gasteiger partial charge in [-0.2, -0.15) is 0 Å². The molecule has 2 aromatic carbocycles. The van der Waals surface area contributed by atoms with E-state index in [2.05, 4.69) is 5.32 Å². The summed E-state index contributed by atoms with van der Waals surface area (Å²) in [6, 6.07) is 10.4. The SMILES string of the molecule is CC(C)OCc1cccc(CNC(=O)CN2C(=O)c3cc(Cl)c(Cl)cc3C2=O)c1. The van der Waals surface area contributed by atoms with E-state index < -0.39 is 17.7 Å². The number of hydrogen-bond donors (Lipinski definition) is 1. The minimum Gasteiger partial charge on any atom is -0.374 e. The van der Waals surface area contributed by atoms with E-state index in [1.54, 1.807) is 0 Å². The number of amides is 3. The lowest BCUT2D eigenvalue weighted by atomic mass is 10.1. The lowest BCUT2D eigenvalue weighted by Crippen LogP contribution is -2.40. The van der Waals surface area contributed by atoms with Gasteiger partial charge in [-0.25, -0.2) is 0 Å². The van der Waals surface area contributed by atoms with Gasteiger partial charge in [0.15, 0.2) is 0 Å². The molecule has 1 N–H and O–H groups in total. The number of imide groups is 1. The number of hydrogen-bond acceptors (Lipinski definition) is 4. The standard InChI is InChI=1S/C21H20Cl2N2O4/c1-12(2)29-11-14-5-3-4-13(6-14)9-24-19(26)10-25-20(27)15-7-17(22)18(23)8-16(15)21(25)28/h3-8,12H,9-11H2,1-2H3,(H,24,26). The van der Waals surface area contributed by atoms with Gasteiger partial charge in [0, 0.05) is 6.54 Å². The van der Waals surface area contributed by atoms with Gasteiger partial charge in [-0.1, -0.05) is 47.5 Å². The van der Waals surface area contributed by atoms with Crippen LogP contribution in [0, 0.1) is 0 Å². The van der Waals surface area contributed by atoms with E-state index in [-0.39, 0.29) is 40.4 Å². The predicted octanol–water partition coefficient (Wildman–Crippen LogP) is 3.83. The van der Waals surface area contributed by atoms with Crippen molar-refractivity contribution in [2.45, 2.75) is 33.1 Å². The molecule has 1 aliphatic rings. The molecule has 0 saturated heterocycles. The number of nitrogens with zero attached hydrogens (tertiary/aromatic N) is 1. The maximum Gasteiger partial charge on any atom is 0.262 e. The maximum absolute atomic E-state index is 12.5. The Labute approximate surface area is 178 Å². The molecule has 3 rings (SSSR count). The van der Waals surface area contributed by atoms with Gasteiger partial charge >= 0.3 is 0 Å². The number of benzene rings is 2. The zero-order valence-corrected chi connectivity index (χ0v) is 17.5. The molecule has 1 heterocycles. The molecule has 0 unspecified atom stereocenters. The topological polar surface area (TPSA) is 75.7 Å². The van der Waals surface area contributed by atoms with Crippen LogP contribution in [0.2, 0.25) is 10.0 Å². The first kappa shape index (κ1) is 21.3. The molecule has 0 aromatic heterocycles. The number of ether oxygens (including phenoxy) is 1. The first-order valence-electron chi connectivity index (χ1n) is 9.07. The van der Waals surface area contributed by atoms with E-state index in [0.717, 1.165) is 16.0 Å². The van der Waals surface area contributed by atoms with E-state index in [9.17, 15) is 14.4 Å². The second-order valence-corrected chi connectivity index (χ2v) is 7.78. The molecule has 3 amide bonds. The van der Waals surface area contributed by atoms with Crippen molar-refractivity contribution in [3.63, 3.8) is 0 Å². The third kappa shape index (κ3) is 4.96. The highest BCUT2D eigenvalue weighted by atomic mass is 35.5. The molecule has 1 aliphatic heterocycles. The van der Waals surface area contributed by atoms with Crippen LogP contribution in [0.15, 0.2) is 36.4 Å². The Morgan fingerprint density at radius 1 is 1.03 bits per heavy atom. The highest BCUT2D eigenvalue weighted by Gasteiger charge is 2.37. The summed E-state index contributed by atoms with van der Waals surface area (Å²) in [7, 11) is 0. The van der Waals surface area contributed by atoms with Crippen molar-refractivity contribution in [1.82, 2.24) is 10.2 Å². The highest BCUT2D eigenvalue weighted by Crippen LogP contribution is 2.31. The van der Waals surface area contributed by atoms with Crippen LogP contribution < -0.4 is 5.32 Å². The van der Waals surface area contributed by atoms with Crippen LogP contribution in [-0.2, 0) is 22.7 Å².